The Balaban J connectivity index is 1.74. The van der Waals surface area contributed by atoms with Crippen LogP contribution in [0.4, 0.5) is 9.59 Å². The lowest BCUT2D eigenvalue weighted by Gasteiger charge is -2.39. The molecule has 6 nitrogen and oxygen atoms in total. The summed E-state index contributed by atoms with van der Waals surface area (Å²) in [7, 11) is 0. The van der Waals surface area contributed by atoms with Gasteiger partial charge in [0.05, 0.1) is 13.2 Å². The van der Waals surface area contributed by atoms with Crippen LogP contribution in [0.3, 0.4) is 0 Å². The Labute approximate surface area is 177 Å². The average Bonchev–Trinajstić information content (AvgIpc) is 2.72. The van der Waals surface area contributed by atoms with Crippen LogP contribution in [-0.2, 0) is 9.47 Å². The second kappa shape index (κ2) is 12.3. The predicted octanol–water partition coefficient (Wildman–Crippen LogP) is 5.45. The van der Waals surface area contributed by atoms with Gasteiger partial charge in [-0.05, 0) is 97.3 Å². The van der Waals surface area contributed by atoms with E-state index < -0.39 is 0 Å². The molecule has 2 rings (SSSR count). The van der Waals surface area contributed by atoms with Crippen molar-refractivity contribution in [2.24, 2.45) is 11.8 Å². The number of hydrogen-bond donors (Lipinski definition) is 0. The van der Waals surface area contributed by atoms with E-state index >= 15 is 0 Å². The summed E-state index contributed by atoms with van der Waals surface area (Å²) in [6, 6.07) is 0.683. The molecule has 2 saturated carbocycles. The van der Waals surface area contributed by atoms with E-state index in [9.17, 15) is 9.59 Å². The van der Waals surface area contributed by atoms with Gasteiger partial charge >= 0.3 is 12.2 Å². The van der Waals surface area contributed by atoms with Crippen molar-refractivity contribution in [1.82, 2.24) is 9.80 Å². The van der Waals surface area contributed by atoms with E-state index in [-0.39, 0.29) is 12.2 Å². The monoisotopic (exact) mass is 410 g/mol. The third kappa shape index (κ3) is 6.78. The van der Waals surface area contributed by atoms with Crippen LogP contribution in [0.5, 0.6) is 0 Å². The Morgan fingerprint density at radius 3 is 1.28 bits per heavy atom. The summed E-state index contributed by atoms with van der Waals surface area (Å²) in [6.45, 7) is 10.2. The van der Waals surface area contributed by atoms with Gasteiger partial charge in [0.1, 0.15) is 0 Å². The maximum absolute atomic E-state index is 12.1. The van der Waals surface area contributed by atoms with Crippen molar-refractivity contribution in [3.05, 3.63) is 0 Å². The van der Waals surface area contributed by atoms with E-state index in [1.807, 2.05) is 37.5 Å². The minimum atomic E-state index is -0.154. The number of carbonyl (C=O) groups excluding carboxylic acids is 2. The molecule has 0 heterocycles. The van der Waals surface area contributed by atoms with Crippen LogP contribution in [0.25, 0.3) is 0 Å². The zero-order valence-corrected chi connectivity index (χ0v) is 19.0. The molecule has 2 aliphatic carbocycles. The zero-order valence-electron chi connectivity index (χ0n) is 19.0. The molecule has 2 aliphatic rings. The minimum Gasteiger partial charge on any atom is -0.450 e. The second-order valence-corrected chi connectivity index (χ2v) is 8.55. The van der Waals surface area contributed by atoms with Gasteiger partial charge < -0.3 is 19.3 Å². The van der Waals surface area contributed by atoms with Crippen LogP contribution in [-0.4, -0.2) is 60.4 Å². The highest BCUT2D eigenvalue weighted by Crippen LogP contribution is 2.37. The molecule has 6 heteroatoms. The Kier molecular flexibility index (Phi) is 10.1. The molecule has 0 N–H and O–H groups in total. The van der Waals surface area contributed by atoms with Crippen LogP contribution in [0, 0.1) is 11.8 Å². The fourth-order valence-electron chi connectivity index (χ4n) is 5.34. The van der Waals surface area contributed by atoms with Crippen LogP contribution < -0.4 is 0 Å². The summed E-state index contributed by atoms with van der Waals surface area (Å²) in [5, 5.41) is 0. The van der Waals surface area contributed by atoms with E-state index in [4.69, 9.17) is 9.47 Å². The number of carbonyl (C=O) groups is 2. The van der Waals surface area contributed by atoms with E-state index in [0.29, 0.717) is 25.3 Å². The zero-order chi connectivity index (χ0) is 21.2. The minimum absolute atomic E-state index is 0.154. The highest BCUT2D eigenvalue weighted by atomic mass is 16.6. The molecule has 0 radical (unpaired) electrons. The first-order valence-corrected chi connectivity index (χ1v) is 11.9. The second-order valence-electron chi connectivity index (χ2n) is 8.55. The summed E-state index contributed by atoms with van der Waals surface area (Å²) in [6.07, 6.45) is 10.2. The first kappa shape index (κ1) is 23.8. The molecule has 0 spiro atoms. The smallest absolute Gasteiger partial charge is 0.409 e. The van der Waals surface area contributed by atoms with Gasteiger partial charge in [-0.3, -0.25) is 0 Å². The largest absolute Gasteiger partial charge is 0.450 e. The Bertz CT molecular complexity index is 453. The van der Waals surface area contributed by atoms with Gasteiger partial charge in [-0.1, -0.05) is 0 Å². The van der Waals surface area contributed by atoms with E-state index in [2.05, 4.69) is 0 Å². The Morgan fingerprint density at radius 2 is 1.00 bits per heavy atom. The standard InChI is InChI=1S/C23H42N2O4/c1-5-24(22(26)28-7-3)20-13-9-18(10-14-20)17-19-11-15-21(16-12-19)25(6-2)23(27)29-8-4/h18-21H,5-17H2,1-4H3. The van der Waals surface area contributed by atoms with Crippen molar-refractivity contribution in [2.45, 2.75) is 97.6 Å². The number of hydrogen-bond acceptors (Lipinski definition) is 4. The molecule has 0 unspecified atom stereocenters. The number of nitrogens with zero attached hydrogens (tertiary/aromatic N) is 2. The van der Waals surface area contributed by atoms with Gasteiger partial charge in [0.25, 0.3) is 0 Å². The molecule has 2 amide bonds. The lowest BCUT2D eigenvalue weighted by molar-refractivity contribution is 0.0699. The molecule has 0 aromatic carbocycles. The van der Waals surface area contributed by atoms with Crippen molar-refractivity contribution in [1.29, 1.82) is 0 Å². The highest BCUT2D eigenvalue weighted by molar-refractivity contribution is 5.68. The molecule has 2 fully saturated rings. The summed E-state index contributed by atoms with van der Waals surface area (Å²) >= 11 is 0. The Hall–Kier alpha value is -1.46. The van der Waals surface area contributed by atoms with Crippen LogP contribution in [0.2, 0.25) is 0 Å². The molecule has 0 aliphatic heterocycles. The van der Waals surface area contributed by atoms with E-state index in [1.165, 1.54) is 32.1 Å². The van der Waals surface area contributed by atoms with Crippen LogP contribution in [0.1, 0.15) is 85.5 Å². The van der Waals surface area contributed by atoms with Crippen molar-refractivity contribution in [3.8, 4) is 0 Å². The topological polar surface area (TPSA) is 59.1 Å². The molecule has 29 heavy (non-hydrogen) atoms. The van der Waals surface area contributed by atoms with E-state index in [0.717, 1.165) is 50.6 Å². The van der Waals surface area contributed by atoms with Gasteiger partial charge in [0.15, 0.2) is 0 Å². The lowest BCUT2D eigenvalue weighted by Crippen LogP contribution is -2.43. The van der Waals surface area contributed by atoms with Crippen molar-refractivity contribution in [2.75, 3.05) is 26.3 Å². The van der Waals surface area contributed by atoms with Crippen molar-refractivity contribution < 1.29 is 19.1 Å². The van der Waals surface area contributed by atoms with Crippen molar-refractivity contribution in [3.63, 3.8) is 0 Å². The number of rotatable bonds is 8. The molecular weight excluding hydrogens is 368 g/mol. The third-order valence-corrected chi connectivity index (χ3v) is 6.87. The molecule has 168 valence electrons. The van der Waals surface area contributed by atoms with Crippen LogP contribution in [0.15, 0.2) is 0 Å². The summed E-state index contributed by atoms with van der Waals surface area (Å²) < 4.78 is 10.4. The highest BCUT2D eigenvalue weighted by Gasteiger charge is 2.32. The lowest BCUT2D eigenvalue weighted by atomic mass is 9.75. The summed E-state index contributed by atoms with van der Waals surface area (Å²) in [5.41, 5.74) is 0. The number of ether oxygens (including phenoxy) is 2. The van der Waals surface area contributed by atoms with Gasteiger partial charge in [-0.15, -0.1) is 0 Å². The Morgan fingerprint density at radius 1 is 0.655 bits per heavy atom. The molecule has 0 atom stereocenters. The van der Waals surface area contributed by atoms with Crippen LogP contribution >= 0.6 is 0 Å². The molecule has 0 saturated heterocycles. The maximum atomic E-state index is 12.1. The normalized spacial score (nSPS) is 27.2. The SMILES string of the molecule is CCOC(=O)N(CC)C1CCC(CC2CCC(N(CC)C(=O)OCC)CC2)CC1. The molecule has 0 aromatic heterocycles. The van der Waals surface area contributed by atoms with Gasteiger partial charge in [-0.25, -0.2) is 9.59 Å². The fourth-order valence-corrected chi connectivity index (χ4v) is 5.34. The van der Waals surface area contributed by atoms with Gasteiger partial charge in [-0.2, -0.15) is 0 Å². The molecule has 0 aromatic rings. The average molecular weight is 411 g/mol. The molecule has 0 bridgehead atoms. The maximum Gasteiger partial charge on any atom is 0.409 e. The first-order chi connectivity index (χ1) is 14.0. The quantitative estimate of drug-likeness (QED) is 0.534. The number of amides is 2. The van der Waals surface area contributed by atoms with Crippen molar-refractivity contribution >= 4 is 12.2 Å². The predicted molar refractivity (Wildman–Crippen MR) is 115 cm³/mol. The molecular formula is C23H42N2O4. The van der Waals surface area contributed by atoms with Gasteiger partial charge in [0, 0.05) is 25.2 Å². The van der Waals surface area contributed by atoms with E-state index in [1.54, 1.807) is 0 Å². The summed E-state index contributed by atoms with van der Waals surface area (Å²) in [4.78, 5) is 28.1. The fraction of sp³-hybridized carbons (Fsp3) is 0.913. The summed E-state index contributed by atoms with van der Waals surface area (Å²) in [5.74, 6) is 1.56. The first-order valence-electron chi connectivity index (χ1n) is 11.9. The third-order valence-electron chi connectivity index (χ3n) is 6.87. The van der Waals surface area contributed by atoms with Gasteiger partial charge in [0.2, 0.25) is 0 Å².